The summed E-state index contributed by atoms with van der Waals surface area (Å²) in [6.07, 6.45) is 0. The second-order valence-electron chi connectivity index (χ2n) is 5.36. The third-order valence-electron chi connectivity index (χ3n) is 4.06. The highest BCUT2D eigenvalue weighted by Crippen LogP contribution is 2.17. The molecule has 0 N–H and O–H groups in total. The first-order valence-electron chi connectivity index (χ1n) is 6.85. The van der Waals surface area contributed by atoms with Gasteiger partial charge in [0.1, 0.15) is 8.07 Å². The van der Waals surface area contributed by atoms with Crippen molar-refractivity contribution in [2.24, 2.45) is 0 Å². The van der Waals surface area contributed by atoms with Crippen molar-refractivity contribution < 1.29 is 0 Å². The molecule has 1 unspecified atom stereocenters. The van der Waals surface area contributed by atoms with Crippen LogP contribution in [0.1, 0.15) is 0 Å². The van der Waals surface area contributed by atoms with Crippen LogP contribution in [0.3, 0.4) is 0 Å². The second kappa shape index (κ2) is 5.55. The molecule has 0 fully saturated rings. The molecule has 0 aliphatic heterocycles. The lowest BCUT2D eigenvalue weighted by Gasteiger charge is -2.27. The molecule has 3 rings (SSSR count). The summed E-state index contributed by atoms with van der Waals surface area (Å²) >= 11 is 3.79. The van der Waals surface area contributed by atoms with E-state index in [9.17, 15) is 0 Å². The third-order valence-corrected chi connectivity index (χ3v) is 11.2. The Labute approximate surface area is 129 Å². The fourth-order valence-electron chi connectivity index (χ4n) is 2.82. The lowest BCUT2D eigenvalue weighted by Crippen LogP contribution is -2.57. The first kappa shape index (κ1) is 13.6. The first-order valence-corrected chi connectivity index (χ1v) is 10.7. The molecular weight excluding hydrogens is 324 g/mol. The van der Waals surface area contributed by atoms with E-state index in [4.69, 9.17) is 0 Å². The fourth-order valence-corrected chi connectivity index (χ4v) is 7.52. The van der Waals surface area contributed by atoms with E-state index in [-0.39, 0.29) is 0 Å². The van der Waals surface area contributed by atoms with Gasteiger partial charge >= 0.3 is 0 Å². The Morgan fingerprint density at radius 3 is 2.20 bits per heavy atom. The van der Waals surface area contributed by atoms with Gasteiger partial charge in [-0.25, -0.2) is 0 Å². The van der Waals surface area contributed by atoms with Crippen LogP contribution in [-0.2, 0) is 0 Å². The van der Waals surface area contributed by atoms with E-state index in [1.54, 1.807) is 0 Å². The van der Waals surface area contributed by atoms with Gasteiger partial charge in [0.2, 0.25) is 0 Å². The highest BCUT2D eigenvalue weighted by Gasteiger charge is 2.31. The van der Waals surface area contributed by atoms with Crippen LogP contribution in [0.15, 0.2) is 72.8 Å². The number of fused-ring (bicyclic) bond motifs is 1. The summed E-state index contributed by atoms with van der Waals surface area (Å²) in [5.74, 6) is 0. The molecule has 0 saturated carbocycles. The van der Waals surface area contributed by atoms with Gasteiger partial charge in [0.05, 0.1) is 0 Å². The Morgan fingerprint density at radius 1 is 0.800 bits per heavy atom. The molecule has 0 aliphatic rings. The first-order chi connectivity index (χ1) is 9.75. The maximum Gasteiger partial charge on any atom is 0.126 e. The number of hydrogen-bond donors (Lipinski definition) is 0. The minimum Gasteiger partial charge on any atom is -0.0954 e. The average molecular weight is 341 g/mol. The van der Waals surface area contributed by atoms with Crippen LogP contribution in [0.5, 0.6) is 0 Å². The van der Waals surface area contributed by atoms with Crippen molar-refractivity contribution in [1.82, 2.24) is 0 Å². The Morgan fingerprint density at radius 2 is 1.45 bits per heavy atom. The molecule has 0 bridgehead atoms. The van der Waals surface area contributed by atoms with Crippen LogP contribution in [-0.4, -0.2) is 13.0 Å². The summed E-state index contributed by atoms with van der Waals surface area (Å²) in [7, 11) is -1.72. The number of rotatable bonds is 3. The summed E-state index contributed by atoms with van der Waals surface area (Å²) in [6, 6.07) is 26.3. The Balaban J connectivity index is 2.27. The number of halogens is 1. The lowest BCUT2D eigenvalue weighted by atomic mass is 10.1. The van der Waals surface area contributed by atoms with Crippen molar-refractivity contribution in [3.8, 4) is 0 Å². The molecule has 2 heteroatoms. The molecule has 0 aromatic heterocycles. The third kappa shape index (κ3) is 2.23. The molecule has 0 nitrogen and oxygen atoms in total. The Hall–Kier alpha value is -1.38. The molecule has 20 heavy (non-hydrogen) atoms. The molecule has 0 heterocycles. The number of benzene rings is 3. The summed E-state index contributed by atoms with van der Waals surface area (Å²) in [5, 5.41) is 5.72. The largest absolute Gasteiger partial charge is 0.126 e. The van der Waals surface area contributed by atoms with Crippen LogP contribution in [0.4, 0.5) is 0 Å². The van der Waals surface area contributed by atoms with Crippen LogP contribution in [0, 0.1) is 0 Å². The summed E-state index contributed by atoms with van der Waals surface area (Å²) in [5.41, 5.74) is 0. The van der Waals surface area contributed by atoms with Crippen LogP contribution in [0.25, 0.3) is 10.8 Å². The monoisotopic (exact) mass is 340 g/mol. The van der Waals surface area contributed by atoms with E-state index in [1.807, 2.05) is 0 Å². The van der Waals surface area contributed by atoms with Crippen molar-refractivity contribution in [3.63, 3.8) is 0 Å². The maximum absolute atomic E-state index is 3.79. The Kier molecular flexibility index (Phi) is 3.77. The topological polar surface area (TPSA) is 0 Å². The summed E-state index contributed by atoms with van der Waals surface area (Å²) < 4.78 is 0. The fraction of sp³-hybridized carbons (Fsp3) is 0.111. The van der Waals surface area contributed by atoms with E-state index < -0.39 is 8.07 Å². The van der Waals surface area contributed by atoms with Gasteiger partial charge in [-0.1, -0.05) is 100 Å². The molecule has 3 aromatic carbocycles. The van der Waals surface area contributed by atoms with E-state index in [0.717, 1.165) is 4.95 Å². The summed E-state index contributed by atoms with van der Waals surface area (Å²) in [4.78, 5) is 1.04. The molecule has 0 saturated heterocycles. The van der Waals surface area contributed by atoms with Crippen molar-refractivity contribution in [1.29, 1.82) is 0 Å². The predicted molar refractivity (Wildman–Crippen MR) is 95.1 cm³/mol. The highest BCUT2D eigenvalue weighted by atomic mass is 79.9. The normalized spacial score (nSPS) is 14.1. The molecule has 0 amide bonds. The molecular formula is C18H17BrSi. The zero-order valence-electron chi connectivity index (χ0n) is 11.5. The van der Waals surface area contributed by atoms with Gasteiger partial charge in [-0.05, 0) is 16.0 Å². The zero-order valence-corrected chi connectivity index (χ0v) is 14.1. The molecule has 0 spiro atoms. The predicted octanol–water partition coefficient (Wildman–Crippen LogP) is 3.97. The molecule has 3 aromatic rings. The van der Waals surface area contributed by atoms with E-state index in [1.165, 1.54) is 21.1 Å². The van der Waals surface area contributed by atoms with Gasteiger partial charge < -0.3 is 0 Å². The van der Waals surface area contributed by atoms with Crippen molar-refractivity contribution in [3.05, 3.63) is 72.8 Å². The molecule has 1 atom stereocenters. The lowest BCUT2D eigenvalue weighted by molar-refractivity contribution is 1.68. The smallest absolute Gasteiger partial charge is 0.0954 e. The Bertz CT molecular complexity index is 718. The number of alkyl halides is 1. The molecule has 0 radical (unpaired) electrons. The van der Waals surface area contributed by atoms with Crippen molar-refractivity contribution in [2.75, 3.05) is 4.95 Å². The average Bonchev–Trinajstić information content (AvgIpc) is 2.54. The van der Waals surface area contributed by atoms with Gasteiger partial charge in [-0.15, -0.1) is 0 Å². The van der Waals surface area contributed by atoms with Crippen LogP contribution in [0.2, 0.25) is 6.55 Å². The van der Waals surface area contributed by atoms with Crippen LogP contribution < -0.4 is 10.4 Å². The minimum atomic E-state index is -1.72. The van der Waals surface area contributed by atoms with E-state index in [0.29, 0.717) is 0 Å². The quantitative estimate of drug-likeness (QED) is 0.500. The molecule has 100 valence electrons. The SMILES string of the molecule is C[Si](CBr)(c1ccccc1)c1cccc2ccccc12. The van der Waals surface area contributed by atoms with Gasteiger partial charge in [-0.3, -0.25) is 0 Å². The summed E-state index contributed by atoms with van der Waals surface area (Å²) in [6.45, 7) is 2.44. The van der Waals surface area contributed by atoms with E-state index >= 15 is 0 Å². The zero-order chi connectivity index (χ0) is 14.0. The molecule has 0 aliphatic carbocycles. The van der Waals surface area contributed by atoms with Gasteiger partial charge in [0.25, 0.3) is 0 Å². The van der Waals surface area contributed by atoms with E-state index in [2.05, 4.69) is 95.3 Å². The van der Waals surface area contributed by atoms with Crippen LogP contribution >= 0.6 is 15.9 Å². The van der Waals surface area contributed by atoms with Gasteiger partial charge in [-0.2, -0.15) is 0 Å². The van der Waals surface area contributed by atoms with Gasteiger partial charge in [0, 0.05) is 4.95 Å². The highest BCUT2D eigenvalue weighted by molar-refractivity contribution is 9.09. The number of hydrogen-bond acceptors (Lipinski definition) is 0. The second-order valence-corrected chi connectivity index (χ2v) is 11.1. The van der Waals surface area contributed by atoms with Crippen molar-refractivity contribution in [2.45, 2.75) is 6.55 Å². The van der Waals surface area contributed by atoms with Gasteiger partial charge in [0.15, 0.2) is 0 Å². The maximum atomic E-state index is 3.79. The standard InChI is InChI=1S/C18H17BrSi/c1-20(14-19,16-10-3-2-4-11-16)18-13-7-9-15-8-5-6-12-17(15)18/h2-13H,14H2,1H3. The minimum absolute atomic E-state index is 1.04. The van der Waals surface area contributed by atoms with Crippen molar-refractivity contribution >= 4 is 45.1 Å².